The van der Waals surface area contributed by atoms with Crippen LogP contribution in [0.25, 0.3) is 0 Å². The molecule has 0 aliphatic carbocycles. The fourth-order valence-corrected chi connectivity index (χ4v) is 3.70. The monoisotopic (exact) mass is 362 g/mol. The molecule has 1 heterocycles. The lowest BCUT2D eigenvalue weighted by molar-refractivity contribution is 0.166. The van der Waals surface area contributed by atoms with Gasteiger partial charge < -0.3 is 14.8 Å². The highest BCUT2D eigenvalue weighted by molar-refractivity contribution is 7.89. The molecule has 23 heavy (non-hydrogen) atoms. The molecular formula is C15H23ClN2O4S. The van der Waals surface area contributed by atoms with Crippen molar-refractivity contribution < 1.29 is 17.9 Å². The van der Waals surface area contributed by atoms with Gasteiger partial charge in [0.25, 0.3) is 0 Å². The van der Waals surface area contributed by atoms with E-state index in [1.54, 1.807) is 12.1 Å². The molecule has 0 bridgehead atoms. The van der Waals surface area contributed by atoms with Crippen LogP contribution < -0.4 is 14.8 Å². The number of nitrogens with one attached hydrogen (secondary N) is 2. The number of rotatable bonds is 9. The van der Waals surface area contributed by atoms with E-state index in [1.165, 1.54) is 6.07 Å². The summed E-state index contributed by atoms with van der Waals surface area (Å²) in [6.45, 7) is 5.43. The summed E-state index contributed by atoms with van der Waals surface area (Å²) in [6.07, 6.45) is 0.927. The molecule has 1 aliphatic heterocycles. The van der Waals surface area contributed by atoms with Crippen LogP contribution in [0.15, 0.2) is 23.1 Å². The Morgan fingerprint density at radius 2 is 2.22 bits per heavy atom. The van der Waals surface area contributed by atoms with Crippen molar-refractivity contribution in [3.8, 4) is 5.75 Å². The molecule has 0 amide bonds. The van der Waals surface area contributed by atoms with Gasteiger partial charge in [0, 0.05) is 30.6 Å². The molecule has 1 unspecified atom stereocenters. The van der Waals surface area contributed by atoms with Gasteiger partial charge in [-0.3, -0.25) is 0 Å². The van der Waals surface area contributed by atoms with Crippen LogP contribution in [0.3, 0.4) is 0 Å². The Hall–Kier alpha value is -0.860. The Morgan fingerprint density at radius 3 is 2.91 bits per heavy atom. The van der Waals surface area contributed by atoms with E-state index in [-0.39, 0.29) is 4.90 Å². The van der Waals surface area contributed by atoms with Gasteiger partial charge in [0.1, 0.15) is 10.6 Å². The van der Waals surface area contributed by atoms with E-state index in [0.717, 1.165) is 19.6 Å². The van der Waals surface area contributed by atoms with Crippen LogP contribution in [-0.2, 0) is 14.8 Å². The summed E-state index contributed by atoms with van der Waals surface area (Å²) in [6, 6.07) is 4.63. The minimum absolute atomic E-state index is 0.0698. The van der Waals surface area contributed by atoms with Crippen molar-refractivity contribution in [2.45, 2.75) is 18.2 Å². The minimum atomic E-state index is -3.67. The fourth-order valence-electron chi connectivity index (χ4n) is 2.26. The van der Waals surface area contributed by atoms with Crippen molar-refractivity contribution in [2.75, 3.05) is 39.5 Å². The third kappa shape index (κ3) is 5.61. The van der Waals surface area contributed by atoms with Gasteiger partial charge in [0.15, 0.2) is 0 Å². The fraction of sp³-hybridized carbons (Fsp3) is 0.600. The third-order valence-corrected chi connectivity index (χ3v) is 5.25. The molecule has 0 radical (unpaired) electrons. The average Bonchev–Trinajstić information content (AvgIpc) is 3.04. The van der Waals surface area contributed by atoms with Crippen molar-refractivity contribution in [1.82, 2.24) is 10.0 Å². The quantitative estimate of drug-likeness (QED) is 0.653. The van der Waals surface area contributed by atoms with Gasteiger partial charge in [0.2, 0.25) is 10.0 Å². The Morgan fingerprint density at radius 1 is 1.39 bits per heavy atom. The van der Waals surface area contributed by atoms with Crippen LogP contribution in [0.5, 0.6) is 5.75 Å². The Labute approximate surface area is 142 Å². The summed E-state index contributed by atoms with van der Waals surface area (Å²) in [4.78, 5) is 0.0698. The van der Waals surface area contributed by atoms with E-state index in [4.69, 9.17) is 21.1 Å². The van der Waals surface area contributed by atoms with Crippen LogP contribution in [0.4, 0.5) is 0 Å². The molecule has 1 aromatic carbocycles. The Kier molecular flexibility index (Phi) is 7.10. The molecular weight excluding hydrogens is 340 g/mol. The van der Waals surface area contributed by atoms with Crippen molar-refractivity contribution in [2.24, 2.45) is 5.92 Å². The third-order valence-electron chi connectivity index (χ3n) is 3.54. The SMILES string of the molecule is CCNCCNS(=O)(=O)c1cc(Cl)ccc1OCC1CCOC1. The van der Waals surface area contributed by atoms with E-state index in [2.05, 4.69) is 10.0 Å². The van der Waals surface area contributed by atoms with Crippen LogP contribution >= 0.6 is 11.6 Å². The van der Waals surface area contributed by atoms with Crippen molar-refractivity contribution in [3.05, 3.63) is 23.2 Å². The first-order valence-electron chi connectivity index (χ1n) is 7.73. The van der Waals surface area contributed by atoms with Crippen molar-refractivity contribution in [3.63, 3.8) is 0 Å². The average molecular weight is 363 g/mol. The predicted octanol–water partition coefficient (Wildman–Crippen LogP) is 1.64. The predicted molar refractivity (Wildman–Crippen MR) is 89.6 cm³/mol. The lowest BCUT2D eigenvalue weighted by atomic mass is 10.1. The molecule has 2 N–H and O–H groups in total. The van der Waals surface area contributed by atoms with Crippen molar-refractivity contribution in [1.29, 1.82) is 0 Å². The first kappa shape index (κ1) is 18.5. The smallest absolute Gasteiger partial charge is 0.244 e. The molecule has 1 aliphatic rings. The molecule has 0 saturated carbocycles. The second-order valence-corrected chi connectivity index (χ2v) is 7.55. The van der Waals surface area contributed by atoms with E-state index in [9.17, 15) is 8.42 Å². The maximum atomic E-state index is 12.5. The number of benzene rings is 1. The van der Waals surface area contributed by atoms with Gasteiger partial charge in [0.05, 0.1) is 13.2 Å². The number of sulfonamides is 1. The zero-order valence-electron chi connectivity index (χ0n) is 13.2. The maximum absolute atomic E-state index is 12.5. The second kappa shape index (κ2) is 8.84. The highest BCUT2D eigenvalue weighted by Gasteiger charge is 2.22. The first-order chi connectivity index (χ1) is 11.0. The summed E-state index contributed by atoms with van der Waals surface area (Å²) in [5.74, 6) is 0.611. The molecule has 0 spiro atoms. The maximum Gasteiger partial charge on any atom is 0.244 e. The standard InChI is InChI=1S/C15H23ClN2O4S/c1-2-17-6-7-18-23(19,20)15-9-13(16)3-4-14(15)22-11-12-5-8-21-10-12/h3-4,9,12,17-18H,2,5-8,10-11H2,1H3. The number of likely N-dealkylation sites (N-methyl/N-ethyl adjacent to an activating group) is 1. The van der Waals surface area contributed by atoms with Crippen LogP contribution in [-0.4, -0.2) is 47.9 Å². The minimum Gasteiger partial charge on any atom is -0.492 e. The van der Waals surface area contributed by atoms with Crippen LogP contribution in [0.2, 0.25) is 5.02 Å². The first-order valence-corrected chi connectivity index (χ1v) is 9.59. The Balaban J connectivity index is 2.07. The zero-order chi connectivity index (χ0) is 16.7. The number of ether oxygens (including phenoxy) is 2. The topological polar surface area (TPSA) is 76.7 Å². The summed E-state index contributed by atoms with van der Waals surface area (Å²) >= 11 is 5.95. The van der Waals surface area contributed by atoms with Crippen LogP contribution in [0, 0.1) is 5.92 Å². The summed E-state index contributed by atoms with van der Waals surface area (Å²) in [5.41, 5.74) is 0. The van der Waals surface area contributed by atoms with E-state index < -0.39 is 10.0 Å². The molecule has 0 aromatic heterocycles. The molecule has 1 aromatic rings. The second-order valence-electron chi connectivity index (χ2n) is 5.38. The molecule has 2 rings (SSSR count). The molecule has 8 heteroatoms. The largest absolute Gasteiger partial charge is 0.492 e. The van der Waals surface area contributed by atoms with Gasteiger partial charge in [-0.1, -0.05) is 18.5 Å². The van der Waals surface area contributed by atoms with E-state index >= 15 is 0 Å². The van der Waals surface area contributed by atoms with Crippen molar-refractivity contribution >= 4 is 21.6 Å². The highest BCUT2D eigenvalue weighted by atomic mass is 35.5. The van der Waals surface area contributed by atoms with Crippen LogP contribution in [0.1, 0.15) is 13.3 Å². The molecule has 130 valence electrons. The summed E-state index contributed by atoms with van der Waals surface area (Å²) < 4.78 is 38.5. The number of hydrogen-bond donors (Lipinski definition) is 2. The highest BCUT2D eigenvalue weighted by Crippen LogP contribution is 2.28. The molecule has 6 nitrogen and oxygen atoms in total. The van der Waals surface area contributed by atoms with Gasteiger partial charge in [-0.15, -0.1) is 0 Å². The van der Waals surface area contributed by atoms with Gasteiger partial charge >= 0.3 is 0 Å². The van der Waals surface area contributed by atoms with Gasteiger partial charge in [-0.05, 0) is 31.2 Å². The summed E-state index contributed by atoms with van der Waals surface area (Å²) in [7, 11) is -3.67. The zero-order valence-corrected chi connectivity index (χ0v) is 14.8. The van der Waals surface area contributed by atoms with Gasteiger partial charge in [-0.2, -0.15) is 0 Å². The Bertz CT molecular complexity index is 603. The summed E-state index contributed by atoms with van der Waals surface area (Å²) in [5, 5.41) is 3.42. The normalized spacial score (nSPS) is 18.3. The van der Waals surface area contributed by atoms with E-state index in [1.807, 2.05) is 6.92 Å². The van der Waals surface area contributed by atoms with E-state index in [0.29, 0.717) is 43.0 Å². The number of halogens is 1. The lowest BCUT2D eigenvalue weighted by Crippen LogP contribution is -2.32. The lowest BCUT2D eigenvalue weighted by Gasteiger charge is -2.15. The molecule has 1 saturated heterocycles. The molecule has 1 atom stereocenters. The molecule has 1 fully saturated rings. The van der Waals surface area contributed by atoms with Gasteiger partial charge in [-0.25, -0.2) is 13.1 Å². The number of hydrogen-bond acceptors (Lipinski definition) is 5.